The molecule has 0 unspecified atom stereocenters. The van der Waals surface area contributed by atoms with Crippen LogP contribution in [0.3, 0.4) is 0 Å². The van der Waals surface area contributed by atoms with Gasteiger partial charge in [0.25, 0.3) is 0 Å². The highest BCUT2D eigenvalue weighted by molar-refractivity contribution is 5.80. The van der Waals surface area contributed by atoms with Crippen molar-refractivity contribution in [2.24, 2.45) is 5.92 Å². The van der Waals surface area contributed by atoms with E-state index in [2.05, 4.69) is 5.32 Å². The van der Waals surface area contributed by atoms with Crippen molar-refractivity contribution in [3.8, 4) is 0 Å². The van der Waals surface area contributed by atoms with Crippen LogP contribution < -0.4 is 5.32 Å². The summed E-state index contributed by atoms with van der Waals surface area (Å²) in [6, 6.07) is 0. The Kier molecular flexibility index (Phi) is 5.44. The molecule has 20 heavy (non-hydrogen) atoms. The zero-order valence-electron chi connectivity index (χ0n) is 12.3. The van der Waals surface area contributed by atoms with Crippen molar-refractivity contribution in [1.29, 1.82) is 0 Å². The van der Waals surface area contributed by atoms with Crippen LogP contribution in [0.2, 0.25) is 0 Å². The van der Waals surface area contributed by atoms with E-state index in [1.54, 1.807) is 0 Å². The topological polar surface area (TPSA) is 66.4 Å². The lowest BCUT2D eigenvalue weighted by Crippen LogP contribution is -2.50. The van der Waals surface area contributed by atoms with Gasteiger partial charge in [-0.15, -0.1) is 0 Å². The summed E-state index contributed by atoms with van der Waals surface area (Å²) in [6.45, 7) is 0. The first kappa shape index (κ1) is 15.3. The predicted molar refractivity (Wildman–Crippen MR) is 77.4 cm³/mol. The van der Waals surface area contributed by atoms with Crippen LogP contribution in [0.4, 0.5) is 0 Å². The van der Waals surface area contributed by atoms with Crippen LogP contribution in [0.25, 0.3) is 0 Å². The van der Waals surface area contributed by atoms with Crippen LogP contribution in [-0.2, 0) is 9.59 Å². The summed E-state index contributed by atoms with van der Waals surface area (Å²) in [5.74, 6) is -0.596. The summed E-state index contributed by atoms with van der Waals surface area (Å²) >= 11 is 0. The van der Waals surface area contributed by atoms with Gasteiger partial charge >= 0.3 is 5.97 Å². The van der Waals surface area contributed by atoms with Gasteiger partial charge in [-0.3, -0.25) is 9.59 Å². The van der Waals surface area contributed by atoms with Crippen LogP contribution in [0.5, 0.6) is 0 Å². The van der Waals surface area contributed by atoms with Gasteiger partial charge in [-0.1, -0.05) is 44.9 Å². The molecule has 0 atom stereocenters. The zero-order chi connectivity index (χ0) is 14.4. The van der Waals surface area contributed by atoms with Crippen molar-refractivity contribution < 1.29 is 14.7 Å². The molecule has 1 amide bonds. The van der Waals surface area contributed by atoms with E-state index in [-0.39, 0.29) is 18.2 Å². The van der Waals surface area contributed by atoms with Crippen molar-refractivity contribution >= 4 is 11.9 Å². The summed E-state index contributed by atoms with van der Waals surface area (Å²) < 4.78 is 0. The molecule has 0 aromatic carbocycles. The minimum Gasteiger partial charge on any atom is -0.481 e. The Morgan fingerprint density at radius 3 is 2.05 bits per heavy atom. The van der Waals surface area contributed by atoms with Crippen molar-refractivity contribution in [2.75, 3.05) is 0 Å². The minimum atomic E-state index is -0.801. The summed E-state index contributed by atoms with van der Waals surface area (Å²) in [4.78, 5) is 23.6. The standard InChI is InChI=1S/C16H27NO3/c18-14(19)12-16(10-6-7-11-16)17-15(20)13-8-4-2-1-3-5-9-13/h13H,1-12H2,(H,17,20)(H,18,19). The van der Waals surface area contributed by atoms with E-state index in [9.17, 15) is 9.59 Å². The molecule has 0 aromatic rings. The SMILES string of the molecule is O=C(O)CC1(NC(=O)C2CCCCCCC2)CCCC1. The average molecular weight is 281 g/mol. The third-order valence-electron chi connectivity index (χ3n) is 4.91. The lowest BCUT2D eigenvalue weighted by atomic mass is 9.88. The van der Waals surface area contributed by atoms with E-state index in [0.717, 1.165) is 51.4 Å². The average Bonchev–Trinajstić information content (AvgIpc) is 2.75. The van der Waals surface area contributed by atoms with Gasteiger partial charge in [-0.2, -0.15) is 0 Å². The molecule has 2 N–H and O–H groups in total. The Labute approximate surface area is 121 Å². The quantitative estimate of drug-likeness (QED) is 0.831. The summed E-state index contributed by atoms with van der Waals surface area (Å²) in [5.41, 5.74) is -0.467. The Balaban J connectivity index is 1.94. The molecule has 2 fully saturated rings. The molecule has 0 saturated heterocycles. The van der Waals surface area contributed by atoms with Crippen molar-refractivity contribution in [1.82, 2.24) is 5.32 Å². The fraction of sp³-hybridized carbons (Fsp3) is 0.875. The van der Waals surface area contributed by atoms with Gasteiger partial charge in [0.1, 0.15) is 0 Å². The summed E-state index contributed by atoms with van der Waals surface area (Å²) in [6.07, 6.45) is 11.7. The van der Waals surface area contributed by atoms with Gasteiger partial charge < -0.3 is 10.4 Å². The number of rotatable bonds is 4. The minimum absolute atomic E-state index is 0.0749. The highest BCUT2D eigenvalue weighted by Gasteiger charge is 2.38. The smallest absolute Gasteiger partial charge is 0.305 e. The van der Waals surface area contributed by atoms with Crippen LogP contribution in [0, 0.1) is 5.92 Å². The number of amides is 1. The maximum atomic E-state index is 12.5. The number of aliphatic carboxylic acids is 1. The fourth-order valence-electron chi connectivity index (χ4n) is 3.77. The fourth-order valence-corrected chi connectivity index (χ4v) is 3.77. The molecular weight excluding hydrogens is 254 g/mol. The Morgan fingerprint density at radius 2 is 1.50 bits per heavy atom. The second-order valence-corrected chi connectivity index (χ2v) is 6.59. The molecule has 4 heteroatoms. The van der Waals surface area contributed by atoms with Crippen molar-refractivity contribution in [2.45, 2.75) is 82.6 Å². The molecule has 4 nitrogen and oxygen atoms in total. The van der Waals surface area contributed by atoms with E-state index >= 15 is 0 Å². The van der Waals surface area contributed by atoms with E-state index in [1.165, 1.54) is 19.3 Å². The number of carbonyl (C=O) groups is 2. The Bertz CT molecular complexity index is 340. The lowest BCUT2D eigenvalue weighted by Gasteiger charge is -2.31. The molecule has 0 aliphatic heterocycles. The van der Waals surface area contributed by atoms with Gasteiger partial charge in [0.15, 0.2) is 0 Å². The van der Waals surface area contributed by atoms with Gasteiger partial charge in [0.05, 0.1) is 12.0 Å². The third-order valence-corrected chi connectivity index (χ3v) is 4.91. The molecule has 0 spiro atoms. The molecule has 114 valence electrons. The molecule has 0 bridgehead atoms. The molecule has 0 heterocycles. The molecular formula is C16H27NO3. The van der Waals surface area contributed by atoms with E-state index < -0.39 is 11.5 Å². The highest BCUT2D eigenvalue weighted by Crippen LogP contribution is 2.33. The highest BCUT2D eigenvalue weighted by atomic mass is 16.4. The maximum absolute atomic E-state index is 12.5. The monoisotopic (exact) mass is 281 g/mol. The number of hydrogen-bond donors (Lipinski definition) is 2. The first-order valence-corrected chi connectivity index (χ1v) is 8.15. The van der Waals surface area contributed by atoms with E-state index in [0.29, 0.717) is 0 Å². The Morgan fingerprint density at radius 1 is 0.950 bits per heavy atom. The first-order valence-electron chi connectivity index (χ1n) is 8.15. The first-order chi connectivity index (χ1) is 9.61. The molecule has 2 saturated carbocycles. The van der Waals surface area contributed by atoms with Crippen LogP contribution >= 0.6 is 0 Å². The molecule has 2 rings (SSSR count). The van der Waals surface area contributed by atoms with E-state index in [4.69, 9.17) is 5.11 Å². The number of carbonyl (C=O) groups excluding carboxylic acids is 1. The Hall–Kier alpha value is -1.06. The second kappa shape index (κ2) is 7.09. The van der Waals surface area contributed by atoms with Gasteiger partial charge in [-0.05, 0) is 25.7 Å². The van der Waals surface area contributed by atoms with Gasteiger partial charge in [0.2, 0.25) is 5.91 Å². The third kappa shape index (κ3) is 4.22. The summed E-state index contributed by atoms with van der Waals surface area (Å²) in [5, 5.41) is 12.2. The summed E-state index contributed by atoms with van der Waals surface area (Å²) in [7, 11) is 0. The number of carboxylic acids is 1. The van der Waals surface area contributed by atoms with Crippen LogP contribution in [0.15, 0.2) is 0 Å². The van der Waals surface area contributed by atoms with Crippen LogP contribution in [0.1, 0.15) is 77.0 Å². The largest absolute Gasteiger partial charge is 0.481 e. The molecule has 2 aliphatic rings. The molecule has 0 radical (unpaired) electrons. The normalized spacial score (nSPS) is 23.8. The van der Waals surface area contributed by atoms with Crippen molar-refractivity contribution in [3.63, 3.8) is 0 Å². The number of hydrogen-bond acceptors (Lipinski definition) is 2. The van der Waals surface area contributed by atoms with Gasteiger partial charge in [0, 0.05) is 5.92 Å². The number of nitrogens with one attached hydrogen (secondary N) is 1. The predicted octanol–water partition coefficient (Wildman–Crippen LogP) is 3.25. The molecule has 2 aliphatic carbocycles. The van der Waals surface area contributed by atoms with Crippen LogP contribution in [-0.4, -0.2) is 22.5 Å². The maximum Gasteiger partial charge on any atom is 0.305 e. The number of carboxylic acid groups (broad SMARTS) is 1. The second-order valence-electron chi connectivity index (χ2n) is 6.59. The van der Waals surface area contributed by atoms with Crippen molar-refractivity contribution in [3.05, 3.63) is 0 Å². The van der Waals surface area contributed by atoms with Gasteiger partial charge in [-0.25, -0.2) is 0 Å². The van der Waals surface area contributed by atoms with E-state index in [1.807, 2.05) is 0 Å². The lowest BCUT2D eigenvalue weighted by molar-refractivity contribution is -0.139. The zero-order valence-corrected chi connectivity index (χ0v) is 12.3. The molecule has 0 aromatic heterocycles.